The Kier molecular flexibility index (Phi) is 9.16. The summed E-state index contributed by atoms with van der Waals surface area (Å²) in [5, 5.41) is 5.63. The molecule has 6 nitrogen and oxygen atoms in total. The lowest BCUT2D eigenvalue weighted by Gasteiger charge is -2.21. The fourth-order valence-corrected chi connectivity index (χ4v) is 2.74. The molecule has 0 aliphatic carbocycles. The molecule has 0 radical (unpaired) electrons. The predicted octanol–water partition coefficient (Wildman–Crippen LogP) is 3.20. The maximum Gasteiger partial charge on any atom is 0.305 e. The molecule has 0 saturated carbocycles. The summed E-state index contributed by atoms with van der Waals surface area (Å²) in [7, 11) is 1.34. The van der Waals surface area contributed by atoms with E-state index in [-0.39, 0.29) is 35.5 Å². The highest BCUT2D eigenvalue weighted by Crippen LogP contribution is 2.22. The molecule has 0 unspecified atom stereocenters. The molecule has 1 aromatic rings. The largest absolute Gasteiger partial charge is 0.469 e. The number of amides is 2. The zero-order valence-electron chi connectivity index (χ0n) is 17.9. The third-order valence-electron chi connectivity index (χ3n) is 4.43. The van der Waals surface area contributed by atoms with Crippen molar-refractivity contribution in [2.45, 2.75) is 65.3 Å². The maximum atomic E-state index is 12.6. The SMILES string of the molecule is COC(=O)CCCNC(=O)[C@H](CC(C)C)NC(=O)c1ccc(C(C)(C)C)cc1. The lowest BCUT2D eigenvalue weighted by molar-refractivity contribution is -0.140. The van der Waals surface area contributed by atoms with Crippen molar-refractivity contribution in [2.75, 3.05) is 13.7 Å². The van der Waals surface area contributed by atoms with Crippen LogP contribution in [0.15, 0.2) is 24.3 Å². The molecular formula is C22H34N2O4. The van der Waals surface area contributed by atoms with Gasteiger partial charge in [0, 0.05) is 18.5 Å². The third kappa shape index (κ3) is 8.11. The van der Waals surface area contributed by atoms with Crippen molar-refractivity contribution in [1.82, 2.24) is 10.6 Å². The van der Waals surface area contributed by atoms with Crippen molar-refractivity contribution in [3.8, 4) is 0 Å². The van der Waals surface area contributed by atoms with Crippen molar-refractivity contribution in [1.29, 1.82) is 0 Å². The van der Waals surface area contributed by atoms with Crippen molar-refractivity contribution >= 4 is 17.8 Å². The molecule has 1 aromatic carbocycles. The molecule has 0 fully saturated rings. The van der Waals surface area contributed by atoms with Gasteiger partial charge in [0.1, 0.15) is 6.04 Å². The molecular weight excluding hydrogens is 356 g/mol. The fraction of sp³-hybridized carbons (Fsp3) is 0.591. The van der Waals surface area contributed by atoms with E-state index in [1.54, 1.807) is 12.1 Å². The average Bonchev–Trinajstić information content (AvgIpc) is 2.63. The van der Waals surface area contributed by atoms with E-state index >= 15 is 0 Å². The Balaban J connectivity index is 2.70. The first-order chi connectivity index (χ1) is 13.0. The number of carbonyl (C=O) groups excluding carboxylic acids is 3. The summed E-state index contributed by atoms with van der Waals surface area (Å²) in [6.07, 6.45) is 1.28. The van der Waals surface area contributed by atoms with Gasteiger partial charge in [-0.15, -0.1) is 0 Å². The van der Waals surface area contributed by atoms with Crippen LogP contribution in [0.1, 0.15) is 69.8 Å². The summed E-state index contributed by atoms with van der Waals surface area (Å²) >= 11 is 0. The van der Waals surface area contributed by atoms with Gasteiger partial charge in [-0.3, -0.25) is 14.4 Å². The molecule has 0 aromatic heterocycles. The number of esters is 1. The van der Waals surface area contributed by atoms with Crippen molar-refractivity contribution < 1.29 is 19.1 Å². The highest BCUT2D eigenvalue weighted by molar-refractivity contribution is 5.97. The summed E-state index contributed by atoms with van der Waals surface area (Å²) in [4.78, 5) is 36.2. The van der Waals surface area contributed by atoms with Crippen LogP contribution in [0.3, 0.4) is 0 Å². The van der Waals surface area contributed by atoms with Crippen LogP contribution in [0.2, 0.25) is 0 Å². The Morgan fingerprint density at radius 1 is 1.07 bits per heavy atom. The van der Waals surface area contributed by atoms with Gasteiger partial charge in [-0.1, -0.05) is 46.8 Å². The third-order valence-corrected chi connectivity index (χ3v) is 4.43. The van der Waals surface area contributed by atoms with E-state index in [0.717, 1.165) is 5.56 Å². The van der Waals surface area contributed by atoms with Gasteiger partial charge in [0.2, 0.25) is 5.91 Å². The van der Waals surface area contributed by atoms with Gasteiger partial charge in [-0.25, -0.2) is 0 Å². The Morgan fingerprint density at radius 3 is 2.18 bits per heavy atom. The van der Waals surface area contributed by atoms with Crippen LogP contribution in [-0.4, -0.2) is 37.5 Å². The van der Waals surface area contributed by atoms with E-state index in [4.69, 9.17) is 0 Å². The van der Waals surface area contributed by atoms with E-state index in [0.29, 0.717) is 24.9 Å². The average molecular weight is 391 g/mol. The second-order valence-electron chi connectivity index (χ2n) is 8.45. The van der Waals surface area contributed by atoms with Gasteiger partial charge in [0.05, 0.1) is 7.11 Å². The second-order valence-corrected chi connectivity index (χ2v) is 8.45. The molecule has 0 aliphatic rings. The molecule has 0 saturated heterocycles. The van der Waals surface area contributed by atoms with Gasteiger partial charge in [0.25, 0.3) is 5.91 Å². The quantitative estimate of drug-likeness (QED) is 0.501. The number of benzene rings is 1. The van der Waals surface area contributed by atoms with Gasteiger partial charge in [0.15, 0.2) is 0 Å². The molecule has 0 heterocycles. The highest BCUT2D eigenvalue weighted by atomic mass is 16.5. The van der Waals surface area contributed by atoms with Crippen molar-refractivity contribution in [2.24, 2.45) is 5.92 Å². The van der Waals surface area contributed by atoms with E-state index in [2.05, 4.69) is 36.1 Å². The van der Waals surface area contributed by atoms with Crippen LogP contribution in [-0.2, 0) is 19.7 Å². The summed E-state index contributed by atoms with van der Waals surface area (Å²) in [6, 6.07) is 6.85. The van der Waals surface area contributed by atoms with Crippen LogP contribution in [0, 0.1) is 5.92 Å². The van der Waals surface area contributed by atoms with Gasteiger partial charge < -0.3 is 15.4 Å². The zero-order valence-corrected chi connectivity index (χ0v) is 17.9. The van der Waals surface area contributed by atoms with E-state index in [9.17, 15) is 14.4 Å². The Morgan fingerprint density at radius 2 is 1.68 bits per heavy atom. The lowest BCUT2D eigenvalue weighted by Crippen LogP contribution is -2.47. The number of rotatable bonds is 9. The molecule has 1 atom stereocenters. The van der Waals surface area contributed by atoms with Crippen LogP contribution >= 0.6 is 0 Å². The lowest BCUT2D eigenvalue weighted by atomic mass is 9.86. The Labute approximate surface area is 168 Å². The van der Waals surface area contributed by atoms with Gasteiger partial charge in [-0.05, 0) is 41.9 Å². The second kappa shape index (κ2) is 10.8. The molecule has 0 spiro atoms. The molecule has 2 N–H and O–H groups in total. The summed E-state index contributed by atoms with van der Waals surface area (Å²) in [6.45, 7) is 10.7. The summed E-state index contributed by atoms with van der Waals surface area (Å²) < 4.78 is 4.58. The number of hydrogen-bond acceptors (Lipinski definition) is 4. The topological polar surface area (TPSA) is 84.5 Å². The first kappa shape index (κ1) is 23.7. The first-order valence-electron chi connectivity index (χ1n) is 9.80. The van der Waals surface area contributed by atoms with E-state index in [1.807, 2.05) is 26.0 Å². The molecule has 6 heteroatoms. The number of hydrogen-bond donors (Lipinski definition) is 2. The minimum absolute atomic E-state index is 0.0132. The van der Waals surface area contributed by atoms with Gasteiger partial charge >= 0.3 is 5.97 Å². The number of ether oxygens (including phenoxy) is 1. The van der Waals surface area contributed by atoms with Crippen molar-refractivity contribution in [3.63, 3.8) is 0 Å². The van der Waals surface area contributed by atoms with Crippen LogP contribution in [0.5, 0.6) is 0 Å². The Bertz CT molecular complexity index is 660. The normalized spacial score (nSPS) is 12.4. The number of nitrogens with one attached hydrogen (secondary N) is 2. The minimum atomic E-state index is -0.618. The highest BCUT2D eigenvalue weighted by Gasteiger charge is 2.23. The van der Waals surface area contributed by atoms with E-state index in [1.165, 1.54) is 7.11 Å². The zero-order chi connectivity index (χ0) is 21.3. The smallest absolute Gasteiger partial charge is 0.305 e. The Hall–Kier alpha value is -2.37. The van der Waals surface area contributed by atoms with Crippen molar-refractivity contribution in [3.05, 3.63) is 35.4 Å². The monoisotopic (exact) mass is 390 g/mol. The van der Waals surface area contributed by atoms with Crippen LogP contribution in [0.4, 0.5) is 0 Å². The molecule has 156 valence electrons. The molecule has 0 aliphatic heterocycles. The fourth-order valence-electron chi connectivity index (χ4n) is 2.74. The number of carbonyl (C=O) groups is 3. The molecule has 28 heavy (non-hydrogen) atoms. The van der Waals surface area contributed by atoms with Gasteiger partial charge in [-0.2, -0.15) is 0 Å². The summed E-state index contributed by atoms with van der Waals surface area (Å²) in [5.74, 6) is -0.566. The van der Waals surface area contributed by atoms with Crippen LogP contribution < -0.4 is 10.6 Å². The molecule has 1 rings (SSSR count). The van der Waals surface area contributed by atoms with E-state index < -0.39 is 6.04 Å². The molecule has 2 amide bonds. The summed E-state index contributed by atoms with van der Waals surface area (Å²) in [5.41, 5.74) is 1.69. The standard InChI is InChI=1S/C22H34N2O4/c1-15(2)14-18(21(27)23-13-7-8-19(25)28-6)24-20(26)16-9-11-17(12-10-16)22(3,4)5/h9-12,15,18H,7-8,13-14H2,1-6H3,(H,23,27)(H,24,26)/t18-/m0/s1. The van der Waals surface area contributed by atoms with Crippen LogP contribution in [0.25, 0.3) is 0 Å². The first-order valence-corrected chi connectivity index (χ1v) is 9.80. The minimum Gasteiger partial charge on any atom is -0.469 e. The molecule has 0 bridgehead atoms. The number of methoxy groups -OCH3 is 1. The predicted molar refractivity (Wildman–Crippen MR) is 110 cm³/mol. The maximum absolute atomic E-state index is 12.6.